The van der Waals surface area contributed by atoms with Crippen LogP contribution in [0.3, 0.4) is 0 Å². The molecular formula is C24H27NO5. The molecule has 0 saturated heterocycles. The third-order valence-electron chi connectivity index (χ3n) is 4.93. The molecule has 0 radical (unpaired) electrons. The number of nitrogens with one attached hydrogen (secondary N) is 1. The molecule has 2 aromatic rings. The number of hydrogen-bond acceptors (Lipinski definition) is 5. The van der Waals surface area contributed by atoms with Gasteiger partial charge < -0.3 is 19.5 Å². The lowest BCUT2D eigenvalue weighted by Crippen LogP contribution is -2.37. The normalized spacial score (nSPS) is 14.7. The molecule has 0 bridgehead atoms. The van der Waals surface area contributed by atoms with Gasteiger partial charge >= 0.3 is 5.97 Å². The van der Waals surface area contributed by atoms with Crippen molar-refractivity contribution in [2.24, 2.45) is 0 Å². The summed E-state index contributed by atoms with van der Waals surface area (Å²) in [7, 11) is 0. The predicted molar refractivity (Wildman–Crippen MR) is 115 cm³/mol. The van der Waals surface area contributed by atoms with Crippen LogP contribution < -0.4 is 14.8 Å². The summed E-state index contributed by atoms with van der Waals surface area (Å²) in [4.78, 5) is 24.4. The molecule has 6 nitrogen and oxygen atoms in total. The number of rotatable bonds is 8. The molecule has 6 heteroatoms. The molecule has 0 spiro atoms. The molecule has 0 unspecified atom stereocenters. The Labute approximate surface area is 176 Å². The van der Waals surface area contributed by atoms with Crippen molar-refractivity contribution in [2.45, 2.75) is 32.3 Å². The minimum atomic E-state index is -0.879. The minimum Gasteiger partial charge on any atom is -0.486 e. The van der Waals surface area contributed by atoms with Crippen LogP contribution in [0.2, 0.25) is 0 Å². The van der Waals surface area contributed by atoms with E-state index in [1.165, 1.54) is 11.6 Å². The second-order valence-electron chi connectivity index (χ2n) is 7.08. The van der Waals surface area contributed by atoms with Gasteiger partial charge in [0.1, 0.15) is 13.2 Å². The van der Waals surface area contributed by atoms with Crippen LogP contribution in [0.1, 0.15) is 37.3 Å². The Morgan fingerprint density at radius 3 is 2.57 bits per heavy atom. The molecular weight excluding hydrogens is 382 g/mol. The maximum absolute atomic E-state index is 12.3. The average molecular weight is 409 g/mol. The van der Waals surface area contributed by atoms with Crippen molar-refractivity contribution >= 4 is 18.0 Å². The lowest BCUT2D eigenvalue weighted by Gasteiger charge is -2.18. The first-order valence-corrected chi connectivity index (χ1v) is 10.2. The Morgan fingerprint density at radius 1 is 1.10 bits per heavy atom. The number of hydrogen-bond donors (Lipinski definition) is 1. The van der Waals surface area contributed by atoms with Gasteiger partial charge in [0.25, 0.3) is 5.91 Å². The van der Waals surface area contributed by atoms with Gasteiger partial charge in [0.15, 0.2) is 17.6 Å². The Balaban J connectivity index is 1.48. The molecule has 30 heavy (non-hydrogen) atoms. The topological polar surface area (TPSA) is 73.9 Å². The van der Waals surface area contributed by atoms with Crippen LogP contribution in [0, 0.1) is 0 Å². The fourth-order valence-electron chi connectivity index (χ4n) is 3.19. The van der Waals surface area contributed by atoms with E-state index in [4.69, 9.17) is 14.2 Å². The van der Waals surface area contributed by atoms with E-state index in [9.17, 15) is 9.59 Å². The van der Waals surface area contributed by atoms with Gasteiger partial charge in [-0.05, 0) is 42.7 Å². The van der Waals surface area contributed by atoms with E-state index in [0.29, 0.717) is 31.3 Å². The first kappa shape index (κ1) is 21.4. The van der Waals surface area contributed by atoms with Gasteiger partial charge in [-0.15, -0.1) is 0 Å². The van der Waals surface area contributed by atoms with Crippen LogP contribution in [0.5, 0.6) is 11.5 Å². The fraction of sp³-hybridized carbons (Fsp3) is 0.333. The van der Waals surface area contributed by atoms with E-state index in [1.54, 1.807) is 25.1 Å². The van der Waals surface area contributed by atoms with Crippen molar-refractivity contribution in [3.63, 3.8) is 0 Å². The van der Waals surface area contributed by atoms with Crippen molar-refractivity contribution in [1.82, 2.24) is 5.32 Å². The van der Waals surface area contributed by atoms with Gasteiger partial charge in [-0.3, -0.25) is 4.79 Å². The SMILES string of the molecule is CC[C@@H](CNC(=O)[C@H](C)OC(=O)/C=C/c1ccc2c(c1)OCCO2)c1ccccc1. The van der Waals surface area contributed by atoms with Crippen LogP contribution in [0.25, 0.3) is 6.08 Å². The van der Waals surface area contributed by atoms with Crippen molar-refractivity contribution in [3.05, 3.63) is 65.7 Å². The van der Waals surface area contributed by atoms with Crippen LogP contribution >= 0.6 is 0 Å². The Kier molecular flexibility index (Phi) is 7.49. The highest BCUT2D eigenvalue weighted by Gasteiger charge is 2.18. The van der Waals surface area contributed by atoms with Crippen molar-refractivity contribution in [3.8, 4) is 11.5 Å². The highest BCUT2D eigenvalue weighted by atomic mass is 16.6. The smallest absolute Gasteiger partial charge is 0.331 e. The number of fused-ring (bicyclic) bond motifs is 1. The van der Waals surface area contributed by atoms with E-state index in [2.05, 4.69) is 12.2 Å². The van der Waals surface area contributed by atoms with Gasteiger partial charge in [0, 0.05) is 18.5 Å². The van der Waals surface area contributed by atoms with Crippen LogP contribution in [0.4, 0.5) is 0 Å². The lowest BCUT2D eigenvalue weighted by molar-refractivity contribution is -0.150. The van der Waals surface area contributed by atoms with Crippen molar-refractivity contribution in [1.29, 1.82) is 0 Å². The van der Waals surface area contributed by atoms with Crippen molar-refractivity contribution in [2.75, 3.05) is 19.8 Å². The van der Waals surface area contributed by atoms with E-state index in [0.717, 1.165) is 12.0 Å². The van der Waals surface area contributed by atoms with Gasteiger partial charge in [-0.2, -0.15) is 0 Å². The molecule has 2 aromatic carbocycles. The summed E-state index contributed by atoms with van der Waals surface area (Å²) in [5.74, 6) is 0.654. The van der Waals surface area contributed by atoms with Crippen LogP contribution in [-0.4, -0.2) is 37.7 Å². The second-order valence-corrected chi connectivity index (χ2v) is 7.08. The molecule has 1 aliphatic heterocycles. The summed E-state index contributed by atoms with van der Waals surface area (Å²) in [6.07, 6.45) is 2.94. The maximum atomic E-state index is 12.3. The Morgan fingerprint density at radius 2 is 1.83 bits per heavy atom. The number of esters is 1. The largest absolute Gasteiger partial charge is 0.486 e. The zero-order valence-corrected chi connectivity index (χ0v) is 17.3. The van der Waals surface area contributed by atoms with Gasteiger partial charge in [-0.25, -0.2) is 4.79 Å². The average Bonchev–Trinajstić information content (AvgIpc) is 2.78. The number of carbonyl (C=O) groups excluding carboxylic acids is 2. The summed E-state index contributed by atoms with van der Waals surface area (Å²) >= 11 is 0. The molecule has 2 atom stereocenters. The number of amides is 1. The molecule has 0 fully saturated rings. The number of benzene rings is 2. The lowest BCUT2D eigenvalue weighted by atomic mass is 9.96. The summed E-state index contributed by atoms with van der Waals surface area (Å²) in [5.41, 5.74) is 1.95. The molecule has 0 aliphatic carbocycles. The third kappa shape index (κ3) is 5.86. The highest BCUT2D eigenvalue weighted by Crippen LogP contribution is 2.31. The number of carbonyl (C=O) groups is 2. The summed E-state index contributed by atoms with van der Waals surface area (Å²) in [6, 6.07) is 15.4. The maximum Gasteiger partial charge on any atom is 0.331 e. The molecule has 0 aromatic heterocycles. The van der Waals surface area contributed by atoms with Gasteiger partial charge in [-0.1, -0.05) is 43.3 Å². The van der Waals surface area contributed by atoms with E-state index in [-0.39, 0.29) is 11.8 Å². The molecule has 1 heterocycles. The van der Waals surface area contributed by atoms with Crippen molar-refractivity contribution < 1.29 is 23.8 Å². The molecule has 3 rings (SSSR count). The van der Waals surface area contributed by atoms with E-state index in [1.807, 2.05) is 36.4 Å². The highest BCUT2D eigenvalue weighted by molar-refractivity contribution is 5.90. The quantitative estimate of drug-likeness (QED) is 0.531. The zero-order valence-electron chi connectivity index (χ0n) is 17.3. The van der Waals surface area contributed by atoms with Crippen LogP contribution in [0.15, 0.2) is 54.6 Å². The van der Waals surface area contributed by atoms with Crippen LogP contribution in [-0.2, 0) is 14.3 Å². The number of ether oxygens (including phenoxy) is 3. The zero-order chi connectivity index (χ0) is 21.3. The van der Waals surface area contributed by atoms with E-state index >= 15 is 0 Å². The summed E-state index contributed by atoms with van der Waals surface area (Å²) in [5, 5.41) is 2.87. The molecule has 0 saturated carbocycles. The second kappa shape index (κ2) is 10.5. The standard InChI is InChI=1S/C24H27NO5/c1-3-19(20-7-5-4-6-8-20)16-25-24(27)17(2)30-23(26)12-10-18-9-11-21-22(15-18)29-14-13-28-21/h4-12,15,17,19H,3,13-14,16H2,1-2H3,(H,25,27)/b12-10+/t17-,19-/m0/s1. The van der Waals surface area contributed by atoms with E-state index < -0.39 is 12.1 Å². The Bertz CT molecular complexity index is 894. The molecule has 1 aliphatic rings. The summed E-state index contributed by atoms with van der Waals surface area (Å²) in [6.45, 7) is 5.16. The predicted octanol–water partition coefficient (Wildman–Crippen LogP) is 3.71. The molecule has 158 valence electrons. The third-order valence-corrected chi connectivity index (χ3v) is 4.93. The minimum absolute atomic E-state index is 0.216. The van der Waals surface area contributed by atoms with Gasteiger partial charge in [0.2, 0.25) is 0 Å². The molecule has 1 amide bonds. The Hall–Kier alpha value is -3.28. The summed E-state index contributed by atoms with van der Waals surface area (Å²) < 4.78 is 16.2. The van der Waals surface area contributed by atoms with Gasteiger partial charge in [0.05, 0.1) is 0 Å². The molecule has 1 N–H and O–H groups in total. The first-order valence-electron chi connectivity index (χ1n) is 10.2. The fourth-order valence-corrected chi connectivity index (χ4v) is 3.19. The first-order chi connectivity index (χ1) is 14.6. The monoisotopic (exact) mass is 409 g/mol.